The van der Waals surface area contributed by atoms with Crippen molar-refractivity contribution < 1.29 is 22.8 Å². The summed E-state index contributed by atoms with van der Waals surface area (Å²) >= 11 is 0. The second-order valence-electron chi connectivity index (χ2n) is 7.79. The van der Waals surface area contributed by atoms with Crippen molar-refractivity contribution in [3.8, 4) is 11.5 Å². The average molecular weight is 464 g/mol. The Kier molecular flexibility index (Phi) is 6.06. The summed E-state index contributed by atoms with van der Waals surface area (Å²) in [6.45, 7) is 3.88. The van der Waals surface area contributed by atoms with Crippen LogP contribution in [0.3, 0.4) is 0 Å². The van der Waals surface area contributed by atoms with E-state index in [0.29, 0.717) is 11.6 Å². The van der Waals surface area contributed by atoms with Crippen molar-refractivity contribution in [1.82, 2.24) is 0 Å². The van der Waals surface area contributed by atoms with Crippen LogP contribution in [0, 0.1) is 24.0 Å². The molecule has 0 saturated carbocycles. The Morgan fingerprint density at radius 3 is 2.41 bits per heavy atom. The highest BCUT2D eigenvalue weighted by molar-refractivity contribution is 6.03. The molecule has 0 radical (unpaired) electrons. The first kappa shape index (κ1) is 23.0. The summed E-state index contributed by atoms with van der Waals surface area (Å²) in [7, 11) is 0. The normalized spacial score (nSPS) is 11.8. The number of nitro groups is 1. The number of aryl methyl sites for hydroxylation is 2. The van der Waals surface area contributed by atoms with E-state index in [9.17, 15) is 23.3 Å². The maximum absolute atomic E-state index is 13.1. The molecule has 0 amide bonds. The molecule has 0 aliphatic carbocycles. The first-order valence-electron chi connectivity index (χ1n) is 10.3. The van der Waals surface area contributed by atoms with E-state index in [1.165, 1.54) is 0 Å². The smallest absolute Gasteiger partial charge is 0.416 e. The number of nitro benzene ring substituents is 1. The van der Waals surface area contributed by atoms with Gasteiger partial charge in [0.05, 0.1) is 16.2 Å². The molecule has 4 rings (SSSR count). The molecule has 0 fully saturated rings. The summed E-state index contributed by atoms with van der Waals surface area (Å²) in [5, 5.41) is 13.2. The molecule has 8 heteroatoms. The average Bonchev–Trinajstić information content (AvgIpc) is 2.79. The Balaban J connectivity index is 1.83. The second kappa shape index (κ2) is 8.97. The SMILES string of the molecule is Cc1ccc(C)c(N=Cc2c(Oc3ccc(C(F)(F)F)cc3[N+](=O)[O-])ccc3ccccc23)c1. The molecule has 0 saturated heterocycles. The topological polar surface area (TPSA) is 64.7 Å². The van der Waals surface area contributed by atoms with E-state index >= 15 is 0 Å². The Morgan fingerprint density at radius 2 is 1.68 bits per heavy atom. The van der Waals surface area contributed by atoms with E-state index < -0.39 is 22.4 Å². The number of alkyl halides is 3. The van der Waals surface area contributed by atoms with E-state index in [0.717, 1.165) is 39.7 Å². The third-order valence-corrected chi connectivity index (χ3v) is 5.33. The van der Waals surface area contributed by atoms with Gasteiger partial charge in [-0.3, -0.25) is 15.1 Å². The molecule has 5 nitrogen and oxygen atoms in total. The molecule has 0 aliphatic heterocycles. The van der Waals surface area contributed by atoms with Gasteiger partial charge in [-0.15, -0.1) is 0 Å². The van der Waals surface area contributed by atoms with Crippen molar-refractivity contribution in [2.75, 3.05) is 0 Å². The summed E-state index contributed by atoms with van der Waals surface area (Å²) in [6.07, 6.45) is -3.11. The van der Waals surface area contributed by atoms with Crippen LogP contribution in [0.4, 0.5) is 24.5 Å². The maximum Gasteiger partial charge on any atom is 0.416 e. The lowest BCUT2D eigenvalue weighted by molar-refractivity contribution is -0.385. The molecule has 0 unspecified atom stereocenters. The van der Waals surface area contributed by atoms with Gasteiger partial charge in [0, 0.05) is 17.8 Å². The minimum Gasteiger partial charge on any atom is -0.449 e. The Morgan fingerprint density at radius 1 is 0.941 bits per heavy atom. The van der Waals surface area contributed by atoms with E-state index in [-0.39, 0.29) is 11.5 Å². The van der Waals surface area contributed by atoms with Gasteiger partial charge in [-0.05, 0) is 60.0 Å². The van der Waals surface area contributed by atoms with Crippen molar-refractivity contribution in [2.24, 2.45) is 4.99 Å². The zero-order valence-corrected chi connectivity index (χ0v) is 18.3. The molecule has 0 atom stereocenters. The van der Waals surface area contributed by atoms with Crippen molar-refractivity contribution in [2.45, 2.75) is 20.0 Å². The number of nitrogens with zero attached hydrogens (tertiary/aromatic N) is 2. The first-order chi connectivity index (χ1) is 16.1. The van der Waals surface area contributed by atoms with Crippen LogP contribution in [0.1, 0.15) is 22.3 Å². The third-order valence-electron chi connectivity index (χ3n) is 5.33. The van der Waals surface area contributed by atoms with E-state index in [1.807, 2.05) is 56.3 Å². The van der Waals surface area contributed by atoms with Crippen molar-refractivity contribution in [3.05, 3.63) is 105 Å². The molecule has 4 aromatic rings. The molecule has 4 aromatic carbocycles. The van der Waals surface area contributed by atoms with Crippen LogP contribution in [-0.2, 0) is 6.18 Å². The lowest BCUT2D eigenvalue weighted by Gasteiger charge is -2.13. The molecule has 0 bridgehead atoms. The Bertz CT molecular complexity index is 1430. The fraction of sp³-hybridized carbons (Fsp3) is 0.115. The predicted octanol–water partition coefficient (Wildman–Crippen LogP) is 7.93. The second-order valence-corrected chi connectivity index (χ2v) is 7.79. The first-order valence-corrected chi connectivity index (χ1v) is 10.3. The number of hydrogen-bond donors (Lipinski definition) is 0. The van der Waals surface area contributed by atoms with Gasteiger partial charge in [0.2, 0.25) is 5.75 Å². The Hall–Kier alpha value is -4.20. The van der Waals surface area contributed by atoms with Crippen LogP contribution in [0.2, 0.25) is 0 Å². The fourth-order valence-electron chi connectivity index (χ4n) is 3.53. The largest absolute Gasteiger partial charge is 0.449 e. The van der Waals surface area contributed by atoms with Crippen LogP contribution in [0.5, 0.6) is 11.5 Å². The van der Waals surface area contributed by atoms with Crippen LogP contribution in [-0.4, -0.2) is 11.1 Å². The van der Waals surface area contributed by atoms with Gasteiger partial charge >= 0.3 is 11.9 Å². The highest BCUT2D eigenvalue weighted by Gasteiger charge is 2.33. The number of benzene rings is 4. The summed E-state index contributed by atoms with van der Waals surface area (Å²) in [5.74, 6) is -0.0646. The lowest BCUT2D eigenvalue weighted by atomic mass is 10.0. The summed E-state index contributed by atoms with van der Waals surface area (Å²) < 4.78 is 45.0. The van der Waals surface area contributed by atoms with Crippen LogP contribution < -0.4 is 4.74 Å². The molecular formula is C26H19F3N2O3. The van der Waals surface area contributed by atoms with Crippen LogP contribution >= 0.6 is 0 Å². The molecule has 0 aromatic heterocycles. The number of ether oxygens (including phenoxy) is 1. The number of halogens is 3. The summed E-state index contributed by atoms with van der Waals surface area (Å²) in [5.41, 5.74) is 1.39. The maximum atomic E-state index is 13.1. The van der Waals surface area contributed by atoms with Crippen LogP contribution in [0.25, 0.3) is 10.8 Å². The third kappa shape index (κ3) is 4.76. The van der Waals surface area contributed by atoms with Crippen molar-refractivity contribution >= 4 is 28.4 Å². The van der Waals surface area contributed by atoms with Gasteiger partial charge in [-0.2, -0.15) is 13.2 Å². The van der Waals surface area contributed by atoms with Gasteiger partial charge in [0.15, 0.2) is 0 Å². The quantitative estimate of drug-likeness (QED) is 0.171. The van der Waals surface area contributed by atoms with Gasteiger partial charge < -0.3 is 4.74 Å². The number of fused-ring (bicyclic) bond motifs is 1. The fourth-order valence-corrected chi connectivity index (χ4v) is 3.53. The molecular weight excluding hydrogens is 445 g/mol. The summed E-state index contributed by atoms with van der Waals surface area (Å²) in [6, 6.07) is 18.9. The van der Waals surface area contributed by atoms with Gasteiger partial charge in [0.1, 0.15) is 5.75 Å². The minimum atomic E-state index is -4.71. The van der Waals surface area contributed by atoms with Crippen molar-refractivity contribution in [1.29, 1.82) is 0 Å². The highest BCUT2D eigenvalue weighted by Crippen LogP contribution is 2.39. The van der Waals surface area contributed by atoms with Crippen molar-refractivity contribution in [3.63, 3.8) is 0 Å². The molecule has 0 N–H and O–H groups in total. The summed E-state index contributed by atoms with van der Waals surface area (Å²) in [4.78, 5) is 15.2. The monoisotopic (exact) mass is 464 g/mol. The van der Waals surface area contributed by atoms with Gasteiger partial charge in [0.25, 0.3) is 0 Å². The Labute approximate surface area is 193 Å². The van der Waals surface area contributed by atoms with E-state index in [4.69, 9.17) is 4.74 Å². The van der Waals surface area contributed by atoms with Gasteiger partial charge in [-0.25, -0.2) is 0 Å². The van der Waals surface area contributed by atoms with E-state index in [2.05, 4.69) is 4.99 Å². The number of rotatable bonds is 5. The number of hydrogen-bond acceptors (Lipinski definition) is 4. The molecule has 34 heavy (non-hydrogen) atoms. The number of aliphatic imine (C=N–C) groups is 1. The molecule has 0 heterocycles. The predicted molar refractivity (Wildman–Crippen MR) is 125 cm³/mol. The molecule has 0 aliphatic rings. The van der Waals surface area contributed by atoms with E-state index in [1.54, 1.807) is 18.3 Å². The standard InChI is InChI=1S/C26H19F3N2O3/c1-16-7-8-17(2)22(13-16)30-15-21-20-6-4-3-5-18(20)9-11-24(21)34-25-12-10-19(26(27,28)29)14-23(25)31(32)33/h3-15H,1-2H3. The zero-order chi connectivity index (χ0) is 24.5. The van der Waals surface area contributed by atoms with Crippen LogP contribution in [0.15, 0.2) is 77.8 Å². The zero-order valence-electron chi connectivity index (χ0n) is 18.3. The van der Waals surface area contributed by atoms with Gasteiger partial charge in [-0.1, -0.05) is 42.5 Å². The molecule has 172 valence electrons. The minimum absolute atomic E-state index is 0.232. The highest BCUT2D eigenvalue weighted by atomic mass is 19.4. The molecule has 0 spiro atoms. The lowest BCUT2D eigenvalue weighted by Crippen LogP contribution is -2.06.